The van der Waals surface area contributed by atoms with Gasteiger partial charge in [0.2, 0.25) is 11.8 Å². The number of hydrogen-bond donors (Lipinski definition) is 2. The van der Waals surface area contributed by atoms with Gasteiger partial charge in [0, 0.05) is 92.0 Å². The molecule has 13 heteroatoms. The van der Waals surface area contributed by atoms with E-state index in [0.29, 0.717) is 58.0 Å². The lowest BCUT2D eigenvalue weighted by Crippen LogP contribution is -2.55. The Kier molecular flexibility index (Phi) is 11.6. The fourth-order valence-electron chi connectivity index (χ4n) is 7.82. The minimum absolute atomic E-state index is 0.00963. The monoisotopic (exact) mass is 800 g/mol. The number of urea groups is 1. The Morgan fingerprint density at radius 3 is 2.14 bits per heavy atom. The van der Waals surface area contributed by atoms with Crippen molar-refractivity contribution in [2.75, 3.05) is 64.2 Å². The van der Waals surface area contributed by atoms with Crippen molar-refractivity contribution in [2.24, 2.45) is 5.92 Å². The molecule has 0 saturated carbocycles. The van der Waals surface area contributed by atoms with Crippen LogP contribution in [-0.4, -0.2) is 124 Å². The van der Waals surface area contributed by atoms with Crippen molar-refractivity contribution in [2.45, 2.75) is 64.1 Å². The third-order valence-electron chi connectivity index (χ3n) is 10.8. The Bertz CT molecular complexity index is 1530. The highest BCUT2D eigenvalue weighted by atomic mass is 79.9. The molecule has 4 amide bonds. The van der Waals surface area contributed by atoms with Crippen LogP contribution in [0.4, 0.5) is 10.5 Å². The summed E-state index contributed by atoms with van der Waals surface area (Å²) in [6, 6.07) is 12.3. The van der Waals surface area contributed by atoms with Crippen LogP contribution >= 0.6 is 31.9 Å². The van der Waals surface area contributed by atoms with Crippen molar-refractivity contribution >= 4 is 61.4 Å². The van der Waals surface area contributed by atoms with Crippen LogP contribution in [0.5, 0.6) is 0 Å². The number of fused-ring (bicyclic) bond motifs is 1. The third kappa shape index (κ3) is 8.66. The number of piperazine rings is 1. The SMILES string of the molecule is Cc1c(Br)cc(C[C@H](CC(=O)N2CCC(N3Cc4ccccc4NC3=O)CC2)C(=O)N2CCC(N3CCN(CC(=O)O)CC3)CC2)cc1Br. The van der Waals surface area contributed by atoms with Gasteiger partial charge in [-0.25, -0.2) is 4.79 Å². The second-order valence-corrected chi connectivity index (χ2v) is 15.6. The summed E-state index contributed by atoms with van der Waals surface area (Å²) in [4.78, 5) is 62.2. The highest BCUT2D eigenvalue weighted by Crippen LogP contribution is 2.31. The molecule has 11 nitrogen and oxygen atoms in total. The summed E-state index contributed by atoms with van der Waals surface area (Å²) in [6.45, 7) is 8.25. The topological polar surface area (TPSA) is 117 Å². The van der Waals surface area contributed by atoms with Crippen molar-refractivity contribution in [3.63, 3.8) is 0 Å². The number of benzene rings is 2. The first-order chi connectivity index (χ1) is 23.5. The van der Waals surface area contributed by atoms with E-state index < -0.39 is 11.9 Å². The quantitative estimate of drug-likeness (QED) is 0.375. The molecule has 0 spiro atoms. The highest BCUT2D eigenvalue weighted by molar-refractivity contribution is 9.11. The van der Waals surface area contributed by atoms with Crippen molar-refractivity contribution in [1.82, 2.24) is 24.5 Å². The number of halogens is 2. The standard InChI is InChI=1S/C36H46Br2N6O5/c1-24-30(37)19-25(20-31(24)38)18-27(35(48)43-12-6-28(7-13-43)41-16-14-40(15-17-41)23-34(46)47)21-33(45)42-10-8-29(9-11-42)44-22-26-4-2-3-5-32(26)39-36(44)49/h2-5,19-20,27-29H,6-18,21-23H2,1H3,(H,39,49)(H,46,47)/t27-/m1/s1. The first-order valence-corrected chi connectivity index (χ1v) is 19.0. The number of carboxylic acid groups (broad SMARTS) is 1. The number of aliphatic carboxylic acids is 1. The molecule has 264 valence electrons. The second-order valence-electron chi connectivity index (χ2n) is 13.9. The molecule has 2 N–H and O–H groups in total. The molecule has 49 heavy (non-hydrogen) atoms. The maximum atomic E-state index is 14.2. The summed E-state index contributed by atoms with van der Waals surface area (Å²) in [5, 5.41) is 12.1. The molecule has 0 aliphatic carbocycles. The maximum absolute atomic E-state index is 14.2. The molecule has 3 fully saturated rings. The van der Waals surface area contributed by atoms with Gasteiger partial charge in [0.1, 0.15) is 0 Å². The van der Waals surface area contributed by atoms with E-state index in [2.05, 4.69) is 42.1 Å². The van der Waals surface area contributed by atoms with Crippen molar-refractivity contribution in [3.05, 3.63) is 62.0 Å². The molecule has 4 aliphatic heterocycles. The Balaban J connectivity index is 1.07. The predicted molar refractivity (Wildman–Crippen MR) is 194 cm³/mol. The molecule has 0 bridgehead atoms. The van der Waals surface area contributed by atoms with Gasteiger partial charge in [-0.2, -0.15) is 0 Å². The van der Waals surface area contributed by atoms with Crippen molar-refractivity contribution < 1.29 is 24.3 Å². The number of hydrogen-bond acceptors (Lipinski definition) is 6. The molecule has 3 saturated heterocycles. The van der Waals surface area contributed by atoms with E-state index in [0.717, 1.165) is 70.3 Å². The second kappa shape index (κ2) is 15.9. The minimum Gasteiger partial charge on any atom is -0.480 e. The fourth-order valence-corrected chi connectivity index (χ4v) is 9.10. The molecule has 4 aliphatic rings. The van der Waals surface area contributed by atoms with Gasteiger partial charge in [0.15, 0.2) is 0 Å². The third-order valence-corrected chi connectivity index (χ3v) is 12.4. The normalized spacial score (nSPS) is 20.6. The summed E-state index contributed by atoms with van der Waals surface area (Å²) in [5.41, 5.74) is 4.04. The van der Waals surface area contributed by atoms with Crippen LogP contribution < -0.4 is 5.32 Å². The molecular weight excluding hydrogens is 756 g/mol. The van der Waals surface area contributed by atoms with Gasteiger partial charge in [0.25, 0.3) is 0 Å². The van der Waals surface area contributed by atoms with Crippen LogP contribution in [-0.2, 0) is 27.3 Å². The average molecular weight is 803 g/mol. The molecule has 4 heterocycles. The number of likely N-dealkylation sites (tertiary alicyclic amines) is 2. The van der Waals surface area contributed by atoms with E-state index in [-0.39, 0.29) is 36.9 Å². The summed E-state index contributed by atoms with van der Waals surface area (Å²) in [7, 11) is 0. The molecule has 6 rings (SSSR count). The number of anilines is 1. The molecule has 2 aromatic rings. The molecular formula is C36H46Br2N6O5. The van der Waals surface area contributed by atoms with Crippen LogP contribution in [0.3, 0.4) is 0 Å². The van der Waals surface area contributed by atoms with Crippen LogP contribution in [0.2, 0.25) is 0 Å². The Labute approximate surface area is 305 Å². The van der Waals surface area contributed by atoms with Crippen molar-refractivity contribution in [1.29, 1.82) is 0 Å². The van der Waals surface area contributed by atoms with E-state index in [1.54, 1.807) is 0 Å². The number of rotatable bonds is 9. The lowest BCUT2D eigenvalue weighted by molar-refractivity contribution is -0.143. The number of piperidine rings is 2. The summed E-state index contributed by atoms with van der Waals surface area (Å²) >= 11 is 7.31. The number of amides is 4. The minimum atomic E-state index is -0.791. The number of nitrogens with zero attached hydrogens (tertiary/aromatic N) is 5. The van der Waals surface area contributed by atoms with E-state index in [1.165, 1.54) is 0 Å². The average Bonchev–Trinajstić information content (AvgIpc) is 3.10. The van der Waals surface area contributed by atoms with Gasteiger partial charge in [-0.3, -0.25) is 24.2 Å². The van der Waals surface area contributed by atoms with Gasteiger partial charge in [-0.1, -0.05) is 50.1 Å². The van der Waals surface area contributed by atoms with Gasteiger partial charge in [-0.05, 0) is 73.9 Å². The summed E-state index contributed by atoms with van der Waals surface area (Å²) < 4.78 is 1.93. The Morgan fingerprint density at radius 2 is 1.49 bits per heavy atom. The fraction of sp³-hybridized carbons (Fsp3) is 0.556. The maximum Gasteiger partial charge on any atom is 0.322 e. The van der Waals surface area contributed by atoms with Gasteiger partial charge in [0.05, 0.1) is 12.5 Å². The zero-order chi connectivity index (χ0) is 34.7. The molecule has 0 unspecified atom stereocenters. The van der Waals surface area contributed by atoms with Crippen LogP contribution in [0.1, 0.15) is 48.8 Å². The molecule has 0 radical (unpaired) electrons. The summed E-state index contributed by atoms with van der Waals surface area (Å²) in [5.74, 6) is -1.25. The lowest BCUT2D eigenvalue weighted by Gasteiger charge is -2.43. The number of carbonyl (C=O) groups excluding carboxylic acids is 3. The summed E-state index contributed by atoms with van der Waals surface area (Å²) in [6.07, 6.45) is 3.77. The Hall–Kier alpha value is -3.00. The predicted octanol–water partition coefficient (Wildman–Crippen LogP) is 4.80. The van der Waals surface area contributed by atoms with E-state index in [4.69, 9.17) is 5.11 Å². The molecule has 0 aromatic heterocycles. The van der Waals surface area contributed by atoms with Gasteiger partial charge in [-0.15, -0.1) is 0 Å². The Morgan fingerprint density at radius 1 is 0.878 bits per heavy atom. The van der Waals surface area contributed by atoms with Crippen LogP contribution in [0.15, 0.2) is 45.3 Å². The van der Waals surface area contributed by atoms with Gasteiger partial charge >= 0.3 is 12.0 Å². The number of carboxylic acids is 1. The number of para-hydroxylation sites is 1. The zero-order valence-electron chi connectivity index (χ0n) is 28.1. The van der Waals surface area contributed by atoms with Crippen LogP contribution in [0, 0.1) is 12.8 Å². The largest absolute Gasteiger partial charge is 0.480 e. The smallest absolute Gasteiger partial charge is 0.322 e. The van der Waals surface area contributed by atoms with Crippen molar-refractivity contribution in [3.8, 4) is 0 Å². The first kappa shape index (κ1) is 35.8. The molecule has 1 atom stereocenters. The first-order valence-electron chi connectivity index (χ1n) is 17.4. The highest BCUT2D eigenvalue weighted by Gasteiger charge is 2.36. The van der Waals surface area contributed by atoms with E-state index in [1.807, 2.05) is 62.9 Å². The van der Waals surface area contributed by atoms with Gasteiger partial charge < -0.3 is 25.1 Å². The molecule has 2 aromatic carbocycles. The lowest BCUT2D eigenvalue weighted by atomic mass is 9.91. The number of carbonyl (C=O) groups is 4. The number of nitrogens with one attached hydrogen (secondary N) is 1. The van der Waals surface area contributed by atoms with E-state index >= 15 is 0 Å². The van der Waals surface area contributed by atoms with Crippen LogP contribution in [0.25, 0.3) is 0 Å². The van der Waals surface area contributed by atoms with E-state index in [9.17, 15) is 19.2 Å². The zero-order valence-corrected chi connectivity index (χ0v) is 31.3.